The average Bonchev–Trinajstić information content (AvgIpc) is 2.38. The molecule has 0 saturated carbocycles. The Hall–Kier alpha value is -1.98. The maximum atomic E-state index is 13.3. The fourth-order valence-electron chi connectivity index (χ4n) is 1.91. The van der Waals surface area contributed by atoms with E-state index in [1.54, 1.807) is 0 Å². The van der Waals surface area contributed by atoms with Gasteiger partial charge in [-0.3, -0.25) is 4.79 Å². The molecule has 0 spiro atoms. The Labute approximate surface area is 109 Å². The van der Waals surface area contributed by atoms with Crippen molar-refractivity contribution in [2.24, 2.45) is 0 Å². The SMILES string of the molecule is O=C1CCN(C(=O)NCc2ccc(F)cc2F)CC1. The summed E-state index contributed by atoms with van der Waals surface area (Å²) >= 11 is 0. The third kappa shape index (κ3) is 3.49. The van der Waals surface area contributed by atoms with Crippen LogP contribution in [0.4, 0.5) is 13.6 Å². The smallest absolute Gasteiger partial charge is 0.317 e. The van der Waals surface area contributed by atoms with Gasteiger partial charge in [-0.05, 0) is 6.07 Å². The van der Waals surface area contributed by atoms with E-state index in [9.17, 15) is 18.4 Å². The van der Waals surface area contributed by atoms with E-state index < -0.39 is 11.6 Å². The van der Waals surface area contributed by atoms with Crippen molar-refractivity contribution in [2.75, 3.05) is 13.1 Å². The summed E-state index contributed by atoms with van der Waals surface area (Å²) in [6.07, 6.45) is 0.719. The molecule has 102 valence electrons. The number of carbonyl (C=O) groups excluding carboxylic acids is 2. The second kappa shape index (κ2) is 5.77. The van der Waals surface area contributed by atoms with Gasteiger partial charge < -0.3 is 10.2 Å². The molecule has 0 bridgehead atoms. The van der Waals surface area contributed by atoms with Crippen LogP contribution in [0.2, 0.25) is 0 Å². The highest BCUT2D eigenvalue weighted by molar-refractivity contribution is 5.82. The fourth-order valence-corrected chi connectivity index (χ4v) is 1.91. The number of rotatable bonds is 2. The van der Waals surface area contributed by atoms with Crippen LogP contribution in [-0.2, 0) is 11.3 Å². The molecule has 1 saturated heterocycles. The van der Waals surface area contributed by atoms with Crippen LogP contribution in [-0.4, -0.2) is 29.8 Å². The van der Waals surface area contributed by atoms with Gasteiger partial charge in [0.2, 0.25) is 0 Å². The molecule has 19 heavy (non-hydrogen) atoms. The minimum atomic E-state index is -0.686. The summed E-state index contributed by atoms with van der Waals surface area (Å²) in [5.41, 5.74) is 0.225. The number of hydrogen-bond donors (Lipinski definition) is 1. The maximum absolute atomic E-state index is 13.3. The van der Waals surface area contributed by atoms with Gasteiger partial charge in [0.15, 0.2) is 0 Å². The first-order valence-electron chi connectivity index (χ1n) is 6.04. The average molecular weight is 268 g/mol. The van der Waals surface area contributed by atoms with Crippen LogP contribution in [0.5, 0.6) is 0 Å². The highest BCUT2D eigenvalue weighted by atomic mass is 19.1. The van der Waals surface area contributed by atoms with E-state index in [2.05, 4.69) is 5.32 Å². The molecular weight excluding hydrogens is 254 g/mol. The number of carbonyl (C=O) groups is 2. The molecule has 1 fully saturated rings. The minimum absolute atomic E-state index is 0.00457. The van der Waals surface area contributed by atoms with Crippen LogP contribution in [0.15, 0.2) is 18.2 Å². The molecular formula is C13H14F2N2O2. The number of piperidine rings is 1. The lowest BCUT2D eigenvalue weighted by Crippen LogP contribution is -2.44. The van der Waals surface area contributed by atoms with Gasteiger partial charge in [0.1, 0.15) is 17.4 Å². The maximum Gasteiger partial charge on any atom is 0.317 e. The summed E-state index contributed by atoms with van der Waals surface area (Å²) < 4.78 is 26.1. The van der Waals surface area contributed by atoms with Crippen molar-refractivity contribution in [3.8, 4) is 0 Å². The first kappa shape index (κ1) is 13.5. The van der Waals surface area contributed by atoms with Gasteiger partial charge >= 0.3 is 6.03 Å². The molecule has 1 aromatic carbocycles. The highest BCUT2D eigenvalue weighted by Crippen LogP contribution is 2.10. The van der Waals surface area contributed by atoms with Crippen molar-refractivity contribution in [1.82, 2.24) is 10.2 Å². The zero-order chi connectivity index (χ0) is 13.8. The Morgan fingerprint density at radius 3 is 2.58 bits per heavy atom. The molecule has 0 atom stereocenters. The van der Waals surface area contributed by atoms with E-state index in [0.29, 0.717) is 25.9 Å². The molecule has 2 rings (SSSR count). The number of halogens is 2. The van der Waals surface area contributed by atoms with Crippen LogP contribution in [0.1, 0.15) is 18.4 Å². The number of nitrogens with one attached hydrogen (secondary N) is 1. The van der Waals surface area contributed by atoms with E-state index in [4.69, 9.17) is 0 Å². The third-order valence-corrected chi connectivity index (χ3v) is 3.05. The summed E-state index contributed by atoms with van der Waals surface area (Å²) in [4.78, 5) is 24.3. The number of urea groups is 1. The summed E-state index contributed by atoms with van der Waals surface area (Å²) in [7, 11) is 0. The number of amides is 2. The number of ketones is 1. The van der Waals surface area contributed by atoms with E-state index in [1.807, 2.05) is 0 Å². The zero-order valence-electron chi connectivity index (χ0n) is 10.3. The number of benzene rings is 1. The molecule has 0 aromatic heterocycles. The molecule has 0 radical (unpaired) electrons. The van der Waals surface area contributed by atoms with Crippen molar-refractivity contribution in [3.05, 3.63) is 35.4 Å². The molecule has 1 aliphatic heterocycles. The molecule has 1 N–H and O–H groups in total. The standard InChI is InChI=1S/C13H14F2N2O2/c14-10-2-1-9(12(15)7-10)8-16-13(19)17-5-3-11(18)4-6-17/h1-2,7H,3-6,8H2,(H,16,19). The minimum Gasteiger partial charge on any atom is -0.334 e. The molecule has 0 aliphatic carbocycles. The fraction of sp³-hybridized carbons (Fsp3) is 0.385. The molecule has 6 heteroatoms. The third-order valence-electron chi connectivity index (χ3n) is 3.05. The Balaban J connectivity index is 1.88. The van der Waals surface area contributed by atoms with E-state index in [1.165, 1.54) is 11.0 Å². The van der Waals surface area contributed by atoms with Crippen molar-refractivity contribution >= 4 is 11.8 Å². The predicted molar refractivity (Wildman–Crippen MR) is 64.4 cm³/mol. The Morgan fingerprint density at radius 2 is 1.95 bits per heavy atom. The van der Waals surface area contributed by atoms with Crippen molar-refractivity contribution < 1.29 is 18.4 Å². The summed E-state index contributed by atoms with van der Waals surface area (Å²) in [5.74, 6) is -1.19. The normalized spacial score (nSPS) is 15.5. The number of Topliss-reactive ketones (excluding diaryl/α,β-unsaturated/α-hetero) is 1. The van der Waals surface area contributed by atoms with Crippen LogP contribution in [0, 0.1) is 11.6 Å². The van der Waals surface area contributed by atoms with Gasteiger partial charge in [-0.1, -0.05) is 6.07 Å². The second-order valence-corrected chi connectivity index (χ2v) is 4.42. The van der Waals surface area contributed by atoms with Gasteiger partial charge in [0.05, 0.1) is 0 Å². The van der Waals surface area contributed by atoms with Crippen LogP contribution in [0.25, 0.3) is 0 Å². The van der Waals surface area contributed by atoms with E-state index in [-0.39, 0.29) is 23.9 Å². The Kier molecular flexibility index (Phi) is 4.09. The lowest BCUT2D eigenvalue weighted by molar-refractivity contribution is -0.120. The Bertz CT molecular complexity index is 495. The first-order chi connectivity index (χ1) is 9.06. The van der Waals surface area contributed by atoms with Gasteiger partial charge in [-0.25, -0.2) is 13.6 Å². The van der Waals surface area contributed by atoms with Gasteiger partial charge in [0.25, 0.3) is 0 Å². The van der Waals surface area contributed by atoms with Crippen LogP contribution >= 0.6 is 0 Å². The molecule has 4 nitrogen and oxygen atoms in total. The van der Waals surface area contributed by atoms with Crippen molar-refractivity contribution in [1.29, 1.82) is 0 Å². The number of nitrogens with zero attached hydrogens (tertiary/aromatic N) is 1. The van der Waals surface area contributed by atoms with Gasteiger partial charge in [0, 0.05) is 44.1 Å². The second-order valence-electron chi connectivity index (χ2n) is 4.42. The highest BCUT2D eigenvalue weighted by Gasteiger charge is 2.20. The molecule has 1 aliphatic rings. The monoisotopic (exact) mass is 268 g/mol. The van der Waals surface area contributed by atoms with Crippen LogP contribution in [0.3, 0.4) is 0 Å². The molecule has 2 amide bonds. The van der Waals surface area contributed by atoms with Crippen LogP contribution < -0.4 is 5.32 Å². The lowest BCUT2D eigenvalue weighted by atomic mass is 10.1. The van der Waals surface area contributed by atoms with Crippen molar-refractivity contribution in [3.63, 3.8) is 0 Å². The largest absolute Gasteiger partial charge is 0.334 e. The number of likely N-dealkylation sites (tertiary alicyclic amines) is 1. The summed E-state index contributed by atoms with van der Waals surface area (Å²) in [5, 5.41) is 2.56. The summed E-state index contributed by atoms with van der Waals surface area (Å²) in [6.45, 7) is 0.766. The molecule has 1 heterocycles. The van der Waals surface area contributed by atoms with Gasteiger partial charge in [-0.2, -0.15) is 0 Å². The summed E-state index contributed by atoms with van der Waals surface area (Å²) in [6, 6.07) is 2.88. The van der Waals surface area contributed by atoms with E-state index in [0.717, 1.165) is 12.1 Å². The number of hydrogen-bond acceptors (Lipinski definition) is 2. The zero-order valence-corrected chi connectivity index (χ0v) is 10.3. The Morgan fingerprint density at radius 1 is 1.26 bits per heavy atom. The topological polar surface area (TPSA) is 49.4 Å². The molecule has 1 aromatic rings. The quantitative estimate of drug-likeness (QED) is 0.889. The first-order valence-corrected chi connectivity index (χ1v) is 6.04. The van der Waals surface area contributed by atoms with E-state index >= 15 is 0 Å². The molecule has 0 unspecified atom stereocenters. The van der Waals surface area contributed by atoms with Crippen molar-refractivity contribution in [2.45, 2.75) is 19.4 Å². The predicted octanol–water partition coefficient (Wildman–Crippen LogP) is 1.84. The lowest BCUT2D eigenvalue weighted by Gasteiger charge is -2.26. The van der Waals surface area contributed by atoms with Gasteiger partial charge in [-0.15, -0.1) is 0 Å².